The van der Waals surface area contributed by atoms with Crippen molar-refractivity contribution in [2.45, 2.75) is 31.7 Å². The predicted octanol–water partition coefficient (Wildman–Crippen LogP) is 4.84. The van der Waals surface area contributed by atoms with Crippen molar-refractivity contribution in [1.82, 2.24) is 9.55 Å². The Morgan fingerprint density at radius 1 is 1.50 bits per heavy atom. The second-order valence-electron chi connectivity index (χ2n) is 4.73. The Balaban J connectivity index is 2.70. The number of benzene rings is 1. The normalized spacial score (nSPS) is 14.7. The first-order chi connectivity index (χ1) is 9.49. The van der Waals surface area contributed by atoms with Gasteiger partial charge in [-0.05, 0) is 35.3 Å². The van der Waals surface area contributed by atoms with Crippen LogP contribution >= 0.6 is 27.5 Å². The highest BCUT2D eigenvalue weighted by atomic mass is 79.9. The summed E-state index contributed by atoms with van der Waals surface area (Å²) in [4.78, 5) is 4.48. The van der Waals surface area contributed by atoms with E-state index in [2.05, 4.69) is 32.4 Å². The van der Waals surface area contributed by atoms with Crippen LogP contribution in [0.15, 0.2) is 16.6 Å². The molecule has 20 heavy (non-hydrogen) atoms. The third-order valence-corrected chi connectivity index (χ3v) is 4.11. The van der Waals surface area contributed by atoms with Gasteiger partial charge in [-0.1, -0.05) is 6.92 Å². The average molecular weight is 364 g/mol. The minimum atomic E-state index is -0.323. The topological polar surface area (TPSA) is 27.1 Å². The molecule has 1 aromatic heterocycles. The Hall–Kier alpha value is -0.650. The van der Waals surface area contributed by atoms with Crippen molar-refractivity contribution in [3.05, 3.63) is 28.2 Å². The molecule has 110 valence electrons. The molecule has 0 saturated carbocycles. The maximum Gasteiger partial charge on any atom is 0.139 e. The number of nitrogens with zero attached hydrogens (tertiary/aromatic N) is 2. The molecular formula is C14H17BrClFN2O. The number of alkyl halides is 1. The van der Waals surface area contributed by atoms with Crippen LogP contribution in [0.5, 0.6) is 0 Å². The van der Waals surface area contributed by atoms with Gasteiger partial charge in [0.2, 0.25) is 0 Å². The van der Waals surface area contributed by atoms with Gasteiger partial charge in [-0.15, -0.1) is 11.6 Å². The van der Waals surface area contributed by atoms with Crippen molar-refractivity contribution in [1.29, 1.82) is 0 Å². The predicted molar refractivity (Wildman–Crippen MR) is 82.9 cm³/mol. The van der Waals surface area contributed by atoms with E-state index < -0.39 is 0 Å². The fraction of sp³-hybridized carbons (Fsp3) is 0.500. The SMILES string of the molecule is CCC(COC)n1c(C(C)Cl)nc2cc(F)c(Br)cc21. The first-order valence-electron chi connectivity index (χ1n) is 6.49. The summed E-state index contributed by atoms with van der Waals surface area (Å²) in [7, 11) is 1.67. The van der Waals surface area contributed by atoms with Crippen LogP contribution in [0, 0.1) is 5.82 Å². The third kappa shape index (κ3) is 2.85. The van der Waals surface area contributed by atoms with E-state index in [4.69, 9.17) is 16.3 Å². The van der Waals surface area contributed by atoms with Crippen molar-refractivity contribution in [2.75, 3.05) is 13.7 Å². The molecule has 0 fully saturated rings. The van der Waals surface area contributed by atoms with Crippen molar-refractivity contribution < 1.29 is 9.13 Å². The molecule has 0 saturated heterocycles. The largest absolute Gasteiger partial charge is 0.383 e. The summed E-state index contributed by atoms with van der Waals surface area (Å²) in [5.74, 6) is 0.416. The zero-order valence-electron chi connectivity index (χ0n) is 11.7. The quantitative estimate of drug-likeness (QED) is 0.711. The molecule has 0 amide bonds. The van der Waals surface area contributed by atoms with Crippen molar-refractivity contribution in [2.24, 2.45) is 0 Å². The van der Waals surface area contributed by atoms with Crippen molar-refractivity contribution in [3.8, 4) is 0 Å². The van der Waals surface area contributed by atoms with Gasteiger partial charge in [0.15, 0.2) is 0 Å². The molecule has 0 spiro atoms. The van der Waals surface area contributed by atoms with Crippen LogP contribution in [0.1, 0.15) is 37.5 Å². The fourth-order valence-corrected chi connectivity index (χ4v) is 2.83. The molecule has 0 bridgehead atoms. The maximum atomic E-state index is 13.7. The van der Waals surface area contributed by atoms with E-state index >= 15 is 0 Å². The molecule has 0 aliphatic rings. The summed E-state index contributed by atoms with van der Waals surface area (Å²) >= 11 is 9.46. The molecule has 3 nitrogen and oxygen atoms in total. The number of halogens is 3. The molecule has 0 aliphatic carbocycles. The van der Waals surface area contributed by atoms with Gasteiger partial charge in [-0.25, -0.2) is 9.37 Å². The summed E-state index contributed by atoms with van der Waals surface area (Å²) in [6.07, 6.45) is 0.880. The lowest BCUT2D eigenvalue weighted by Crippen LogP contribution is -2.17. The van der Waals surface area contributed by atoms with E-state index in [-0.39, 0.29) is 17.2 Å². The molecule has 2 unspecified atom stereocenters. The standard InChI is InChI=1S/C14H17BrClFN2O/c1-4-9(7-20-3)19-13-5-10(15)11(17)6-12(13)18-14(19)8(2)16/h5-6,8-9H,4,7H2,1-3H3. The minimum Gasteiger partial charge on any atom is -0.383 e. The highest BCUT2D eigenvalue weighted by Crippen LogP contribution is 2.32. The molecule has 0 aliphatic heterocycles. The van der Waals surface area contributed by atoms with Gasteiger partial charge in [0, 0.05) is 13.2 Å². The summed E-state index contributed by atoms with van der Waals surface area (Å²) in [6.45, 7) is 4.51. The molecule has 2 aromatic rings. The van der Waals surface area contributed by atoms with Crippen LogP contribution in [0.25, 0.3) is 11.0 Å². The van der Waals surface area contributed by atoms with Crippen LogP contribution in [-0.2, 0) is 4.74 Å². The zero-order valence-corrected chi connectivity index (χ0v) is 14.0. The van der Waals surface area contributed by atoms with E-state index in [0.717, 1.165) is 17.8 Å². The number of aromatic nitrogens is 2. The minimum absolute atomic E-state index is 0.124. The van der Waals surface area contributed by atoms with Gasteiger partial charge in [-0.2, -0.15) is 0 Å². The Labute approximate surface area is 131 Å². The Morgan fingerprint density at radius 2 is 2.20 bits per heavy atom. The molecule has 1 aromatic carbocycles. The Morgan fingerprint density at radius 3 is 2.75 bits per heavy atom. The zero-order chi connectivity index (χ0) is 14.9. The van der Waals surface area contributed by atoms with Gasteiger partial charge in [0.25, 0.3) is 0 Å². The Bertz CT molecular complexity index is 615. The molecule has 0 N–H and O–H groups in total. The summed E-state index contributed by atoms with van der Waals surface area (Å²) in [5, 5.41) is -0.254. The molecule has 1 heterocycles. The maximum absolute atomic E-state index is 13.7. The molecule has 2 rings (SSSR count). The highest BCUT2D eigenvalue weighted by molar-refractivity contribution is 9.10. The number of ether oxygens (including phenoxy) is 1. The van der Waals surface area contributed by atoms with Crippen LogP contribution in [0.2, 0.25) is 0 Å². The summed E-state index contributed by atoms with van der Waals surface area (Å²) in [6, 6.07) is 3.30. The number of fused-ring (bicyclic) bond motifs is 1. The second kappa shape index (κ2) is 6.41. The first-order valence-corrected chi connectivity index (χ1v) is 7.72. The number of hydrogen-bond acceptors (Lipinski definition) is 2. The molecular weight excluding hydrogens is 347 g/mol. The van der Waals surface area contributed by atoms with E-state index in [0.29, 0.717) is 16.6 Å². The van der Waals surface area contributed by atoms with Crippen LogP contribution in [-0.4, -0.2) is 23.3 Å². The molecule has 0 radical (unpaired) electrons. The lowest BCUT2D eigenvalue weighted by molar-refractivity contribution is 0.153. The van der Waals surface area contributed by atoms with E-state index in [1.54, 1.807) is 13.2 Å². The second-order valence-corrected chi connectivity index (χ2v) is 6.24. The van der Waals surface area contributed by atoms with Gasteiger partial charge in [0.1, 0.15) is 11.6 Å². The van der Waals surface area contributed by atoms with Crippen molar-refractivity contribution >= 4 is 38.6 Å². The van der Waals surface area contributed by atoms with Crippen LogP contribution in [0.3, 0.4) is 0 Å². The third-order valence-electron chi connectivity index (χ3n) is 3.31. The lowest BCUT2D eigenvalue weighted by atomic mass is 10.2. The van der Waals surface area contributed by atoms with E-state index in [1.807, 2.05) is 6.92 Å². The number of hydrogen-bond donors (Lipinski definition) is 0. The molecule has 2 atom stereocenters. The van der Waals surface area contributed by atoms with E-state index in [1.165, 1.54) is 6.07 Å². The van der Waals surface area contributed by atoms with Crippen molar-refractivity contribution in [3.63, 3.8) is 0 Å². The number of methoxy groups -OCH3 is 1. The average Bonchev–Trinajstić information content (AvgIpc) is 2.75. The number of imidazole rings is 1. The fourth-order valence-electron chi connectivity index (χ4n) is 2.34. The van der Waals surface area contributed by atoms with Gasteiger partial charge in [0.05, 0.1) is 33.5 Å². The highest BCUT2D eigenvalue weighted by Gasteiger charge is 2.21. The van der Waals surface area contributed by atoms with Gasteiger partial charge in [-0.3, -0.25) is 0 Å². The lowest BCUT2D eigenvalue weighted by Gasteiger charge is -2.20. The van der Waals surface area contributed by atoms with E-state index in [9.17, 15) is 4.39 Å². The van der Waals surface area contributed by atoms with Gasteiger partial charge >= 0.3 is 0 Å². The first kappa shape index (κ1) is 15.7. The van der Waals surface area contributed by atoms with Gasteiger partial charge < -0.3 is 9.30 Å². The number of rotatable bonds is 5. The smallest absolute Gasteiger partial charge is 0.139 e. The summed E-state index contributed by atoms with van der Waals surface area (Å²) in [5.41, 5.74) is 1.48. The van der Waals surface area contributed by atoms with Crippen LogP contribution < -0.4 is 0 Å². The molecule has 6 heteroatoms. The van der Waals surface area contributed by atoms with Crippen LogP contribution in [0.4, 0.5) is 4.39 Å². The monoisotopic (exact) mass is 362 g/mol. The Kier molecular flexibility index (Phi) is 5.04. The summed E-state index contributed by atoms with van der Waals surface area (Å²) < 4.78 is 21.4.